The van der Waals surface area contributed by atoms with E-state index in [9.17, 15) is 0 Å². The van der Waals surface area contributed by atoms with Gasteiger partial charge in [0.15, 0.2) is 0 Å². The van der Waals surface area contributed by atoms with Crippen LogP contribution >= 0.6 is 11.3 Å². The number of thiazole rings is 1. The standard InChI is InChI=1S/C14H18N2OS/c1-4-15-10(2)13-9-16-14(18-13)11-7-5-6-8-12(11)17-3/h5-10,15H,4H2,1-3H3. The molecule has 96 valence electrons. The van der Waals surface area contributed by atoms with Gasteiger partial charge in [-0.2, -0.15) is 0 Å². The van der Waals surface area contributed by atoms with Crippen molar-refractivity contribution in [2.24, 2.45) is 0 Å². The summed E-state index contributed by atoms with van der Waals surface area (Å²) in [5.74, 6) is 0.870. The van der Waals surface area contributed by atoms with Gasteiger partial charge in [-0.25, -0.2) is 4.98 Å². The Morgan fingerprint density at radius 2 is 2.17 bits per heavy atom. The summed E-state index contributed by atoms with van der Waals surface area (Å²) in [4.78, 5) is 5.74. The summed E-state index contributed by atoms with van der Waals surface area (Å²) in [7, 11) is 1.69. The van der Waals surface area contributed by atoms with E-state index in [1.807, 2.05) is 30.5 Å². The normalized spacial score (nSPS) is 12.4. The van der Waals surface area contributed by atoms with E-state index in [4.69, 9.17) is 4.74 Å². The number of aromatic nitrogens is 1. The van der Waals surface area contributed by atoms with Crippen LogP contribution in [0.2, 0.25) is 0 Å². The second-order valence-corrected chi connectivity index (χ2v) is 5.11. The molecule has 1 aromatic heterocycles. The first-order valence-corrected chi connectivity index (χ1v) is 6.90. The van der Waals surface area contributed by atoms with E-state index in [0.717, 1.165) is 22.9 Å². The second kappa shape index (κ2) is 5.98. The molecule has 0 saturated carbocycles. The van der Waals surface area contributed by atoms with Gasteiger partial charge in [-0.05, 0) is 25.6 Å². The highest BCUT2D eigenvalue weighted by Crippen LogP contribution is 2.34. The van der Waals surface area contributed by atoms with Gasteiger partial charge in [-0.3, -0.25) is 0 Å². The first kappa shape index (κ1) is 13.1. The molecule has 0 aliphatic rings. The quantitative estimate of drug-likeness (QED) is 0.895. The Hall–Kier alpha value is -1.39. The molecule has 0 saturated heterocycles. The Balaban J connectivity index is 2.29. The molecule has 0 aliphatic carbocycles. The molecule has 4 heteroatoms. The number of ether oxygens (including phenoxy) is 1. The van der Waals surface area contributed by atoms with Crippen molar-refractivity contribution in [3.8, 4) is 16.3 Å². The highest BCUT2D eigenvalue weighted by atomic mass is 32.1. The van der Waals surface area contributed by atoms with Crippen LogP contribution in [0.15, 0.2) is 30.5 Å². The Labute approximate surface area is 112 Å². The summed E-state index contributed by atoms with van der Waals surface area (Å²) in [5.41, 5.74) is 1.06. The van der Waals surface area contributed by atoms with Crippen LogP contribution in [0.25, 0.3) is 10.6 Å². The molecular formula is C14H18N2OS. The van der Waals surface area contributed by atoms with Crippen LogP contribution in [0.5, 0.6) is 5.75 Å². The lowest BCUT2D eigenvalue weighted by Gasteiger charge is -2.08. The van der Waals surface area contributed by atoms with Crippen molar-refractivity contribution in [3.05, 3.63) is 35.3 Å². The molecule has 0 fully saturated rings. The number of rotatable bonds is 5. The molecule has 0 bridgehead atoms. The maximum atomic E-state index is 5.37. The van der Waals surface area contributed by atoms with Gasteiger partial charge in [0.05, 0.1) is 12.7 Å². The fraction of sp³-hybridized carbons (Fsp3) is 0.357. The number of nitrogens with zero attached hydrogens (tertiary/aromatic N) is 1. The minimum Gasteiger partial charge on any atom is -0.496 e. The second-order valence-electron chi connectivity index (χ2n) is 4.05. The highest BCUT2D eigenvalue weighted by Gasteiger charge is 2.12. The third kappa shape index (κ3) is 2.71. The van der Waals surface area contributed by atoms with E-state index < -0.39 is 0 Å². The van der Waals surface area contributed by atoms with E-state index in [2.05, 4.69) is 24.1 Å². The molecule has 2 rings (SSSR count). The largest absolute Gasteiger partial charge is 0.496 e. The number of methoxy groups -OCH3 is 1. The smallest absolute Gasteiger partial charge is 0.129 e. The predicted molar refractivity (Wildman–Crippen MR) is 76.2 cm³/mol. The monoisotopic (exact) mass is 262 g/mol. The summed E-state index contributed by atoms with van der Waals surface area (Å²) >= 11 is 1.71. The summed E-state index contributed by atoms with van der Waals surface area (Å²) in [6.45, 7) is 5.23. The Kier molecular flexibility index (Phi) is 4.33. The molecule has 0 radical (unpaired) electrons. The van der Waals surface area contributed by atoms with Crippen LogP contribution < -0.4 is 10.1 Å². The fourth-order valence-corrected chi connectivity index (χ4v) is 2.81. The zero-order chi connectivity index (χ0) is 13.0. The van der Waals surface area contributed by atoms with Crippen LogP contribution in [0.4, 0.5) is 0 Å². The van der Waals surface area contributed by atoms with Gasteiger partial charge in [0.2, 0.25) is 0 Å². The molecule has 0 spiro atoms. The van der Waals surface area contributed by atoms with Gasteiger partial charge in [-0.1, -0.05) is 19.1 Å². The predicted octanol–water partition coefficient (Wildman–Crippen LogP) is 3.49. The summed E-state index contributed by atoms with van der Waals surface area (Å²) in [5, 5.41) is 4.40. The SMILES string of the molecule is CCNC(C)c1cnc(-c2ccccc2OC)s1. The molecule has 1 aromatic carbocycles. The number of nitrogens with one attached hydrogen (secondary N) is 1. The lowest BCUT2D eigenvalue weighted by molar-refractivity contribution is 0.416. The molecule has 1 atom stereocenters. The van der Waals surface area contributed by atoms with Gasteiger partial charge in [0.25, 0.3) is 0 Å². The van der Waals surface area contributed by atoms with Gasteiger partial charge in [-0.15, -0.1) is 11.3 Å². The van der Waals surface area contributed by atoms with Crippen LogP contribution in [0.1, 0.15) is 24.8 Å². The summed E-state index contributed by atoms with van der Waals surface area (Å²) in [6, 6.07) is 8.32. The Bertz CT molecular complexity index is 510. The van der Waals surface area contributed by atoms with Crippen molar-refractivity contribution in [2.75, 3.05) is 13.7 Å². The molecule has 0 aliphatic heterocycles. The van der Waals surface area contributed by atoms with Gasteiger partial charge >= 0.3 is 0 Å². The maximum Gasteiger partial charge on any atom is 0.129 e. The maximum absolute atomic E-state index is 5.37. The minimum atomic E-state index is 0.343. The molecule has 3 nitrogen and oxygen atoms in total. The van der Waals surface area contributed by atoms with E-state index in [0.29, 0.717) is 6.04 Å². The average molecular weight is 262 g/mol. The molecule has 2 aromatic rings. The number of hydrogen-bond acceptors (Lipinski definition) is 4. The third-order valence-corrected chi connectivity index (χ3v) is 4.01. The lowest BCUT2D eigenvalue weighted by atomic mass is 10.2. The molecule has 1 unspecified atom stereocenters. The molecule has 1 N–H and O–H groups in total. The van der Waals surface area contributed by atoms with Crippen molar-refractivity contribution in [1.29, 1.82) is 0 Å². The van der Waals surface area contributed by atoms with Crippen molar-refractivity contribution < 1.29 is 4.74 Å². The van der Waals surface area contributed by atoms with Gasteiger partial charge in [0.1, 0.15) is 10.8 Å². The van der Waals surface area contributed by atoms with Crippen LogP contribution in [0.3, 0.4) is 0 Å². The summed E-state index contributed by atoms with van der Waals surface area (Å²) < 4.78 is 5.37. The van der Waals surface area contributed by atoms with Crippen molar-refractivity contribution >= 4 is 11.3 Å². The van der Waals surface area contributed by atoms with Gasteiger partial charge < -0.3 is 10.1 Å². The number of benzene rings is 1. The van der Waals surface area contributed by atoms with E-state index in [-0.39, 0.29) is 0 Å². The first-order chi connectivity index (χ1) is 8.76. The molecule has 0 amide bonds. The molecular weight excluding hydrogens is 244 g/mol. The van der Waals surface area contributed by atoms with Crippen molar-refractivity contribution in [1.82, 2.24) is 10.3 Å². The molecule has 1 heterocycles. The van der Waals surface area contributed by atoms with Crippen LogP contribution in [-0.4, -0.2) is 18.6 Å². The van der Waals surface area contributed by atoms with Crippen molar-refractivity contribution in [2.45, 2.75) is 19.9 Å². The lowest BCUT2D eigenvalue weighted by Crippen LogP contribution is -2.16. The zero-order valence-corrected chi connectivity index (χ0v) is 11.8. The third-order valence-electron chi connectivity index (χ3n) is 2.80. The Morgan fingerprint density at radius 3 is 2.89 bits per heavy atom. The van der Waals surface area contributed by atoms with E-state index >= 15 is 0 Å². The molecule has 18 heavy (non-hydrogen) atoms. The number of hydrogen-bond donors (Lipinski definition) is 1. The highest BCUT2D eigenvalue weighted by molar-refractivity contribution is 7.15. The van der Waals surface area contributed by atoms with Crippen LogP contribution in [-0.2, 0) is 0 Å². The summed E-state index contributed by atoms with van der Waals surface area (Å²) in [6.07, 6.45) is 1.94. The van der Waals surface area contributed by atoms with Crippen LogP contribution in [0, 0.1) is 0 Å². The first-order valence-electron chi connectivity index (χ1n) is 6.08. The topological polar surface area (TPSA) is 34.2 Å². The zero-order valence-electron chi connectivity index (χ0n) is 10.9. The average Bonchev–Trinajstić information content (AvgIpc) is 2.88. The van der Waals surface area contributed by atoms with E-state index in [1.165, 1.54) is 4.88 Å². The fourth-order valence-electron chi connectivity index (χ4n) is 1.84. The minimum absolute atomic E-state index is 0.343. The Morgan fingerprint density at radius 1 is 1.39 bits per heavy atom. The van der Waals surface area contributed by atoms with E-state index in [1.54, 1.807) is 18.4 Å². The van der Waals surface area contributed by atoms with Crippen molar-refractivity contribution in [3.63, 3.8) is 0 Å². The number of para-hydroxylation sites is 1. The van der Waals surface area contributed by atoms with Gasteiger partial charge in [0, 0.05) is 17.1 Å².